The van der Waals surface area contributed by atoms with Crippen molar-refractivity contribution in [2.45, 2.75) is 57.2 Å². The van der Waals surface area contributed by atoms with Crippen LogP contribution in [0.25, 0.3) is 0 Å². The van der Waals surface area contributed by atoms with E-state index in [2.05, 4.69) is 15.5 Å². The molecule has 0 aromatic carbocycles. The number of likely N-dealkylation sites (N-methyl/N-ethyl adjacent to an activating group) is 1. The van der Waals surface area contributed by atoms with E-state index in [1.165, 1.54) is 32.1 Å². The van der Waals surface area contributed by atoms with E-state index in [0.717, 1.165) is 13.1 Å². The molecule has 1 aliphatic heterocycles. The fraction of sp³-hybridized carbons (Fsp3) is 0.923. The van der Waals surface area contributed by atoms with E-state index in [-0.39, 0.29) is 11.9 Å². The van der Waals surface area contributed by atoms with Crippen LogP contribution in [0.3, 0.4) is 0 Å². The molecular weight excluding hydrogens is 214 g/mol. The zero-order valence-corrected chi connectivity index (χ0v) is 11.0. The molecule has 1 saturated carbocycles. The van der Waals surface area contributed by atoms with Gasteiger partial charge in [-0.3, -0.25) is 9.69 Å². The molecule has 4 nitrogen and oxygen atoms in total. The predicted octanol–water partition coefficient (Wildman–Crippen LogP) is 0.727. The van der Waals surface area contributed by atoms with Crippen molar-refractivity contribution >= 4 is 5.91 Å². The second-order valence-corrected chi connectivity index (χ2v) is 5.40. The molecule has 0 spiro atoms. The number of carbonyl (C=O) groups is 1. The maximum atomic E-state index is 12.1. The van der Waals surface area contributed by atoms with Gasteiger partial charge < -0.3 is 10.6 Å². The van der Waals surface area contributed by atoms with Crippen LogP contribution in [0.5, 0.6) is 0 Å². The average Bonchev–Trinajstić information content (AvgIpc) is 3.13. The molecule has 0 aromatic rings. The molecule has 2 unspecified atom stereocenters. The second-order valence-electron chi connectivity index (χ2n) is 5.40. The molecule has 0 aromatic heterocycles. The Bertz CT molecular complexity index is 263. The molecule has 0 bridgehead atoms. The maximum Gasteiger partial charge on any atom is 0.237 e. The molecule has 2 aliphatic rings. The molecule has 1 heterocycles. The van der Waals surface area contributed by atoms with Crippen LogP contribution in [0.2, 0.25) is 0 Å². The van der Waals surface area contributed by atoms with Crippen molar-refractivity contribution in [2.75, 3.05) is 20.1 Å². The van der Waals surface area contributed by atoms with Crippen molar-refractivity contribution in [3.8, 4) is 0 Å². The van der Waals surface area contributed by atoms with E-state index in [4.69, 9.17) is 0 Å². The number of carbonyl (C=O) groups excluding carboxylic acids is 1. The standard InChI is InChI=1S/C13H25N3O/c1-10(13(17)15-11-6-7-11)16-8-4-3-5-12(16)9-14-2/h10-12,14H,3-9H2,1-2H3,(H,15,17). The SMILES string of the molecule is CNCC1CCCCN1C(C)C(=O)NC1CC1. The number of hydrogen-bond acceptors (Lipinski definition) is 3. The van der Waals surface area contributed by atoms with Gasteiger partial charge in [0.1, 0.15) is 0 Å². The van der Waals surface area contributed by atoms with E-state index >= 15 is 0 Å². The van der Waals surface area contributed by atoms with Gasteiger partial charge in [-0.2, -0.15) is 0 Å². The highest BCUT2D eigenvalue weighted by atomic mass is 16.2. The highest BCUT2D eigenvalue weighted by molar-refractivity contribution is 5.81. The van der Waals surface area contributed by atoms with Crippen LogP contribution in [-0.4, -0.2) is 49.1 Å². The monoisotopic (exact) mass is 239 g/mol. The Hall–Kier alpha value is -0.610. The van der Waals surface area contributed by atoms with Gasteiger partial charge in [-0.15, -0.1) is 0 Å². The Balaban J connectivity index is 1.89. The van der Waals surface area contributed by atoms with Gasteiger partial charge in [-0.1, -0.05) is 6.42 Å². The average molecular weight is 239 g/mol. The topological polar surface area (TPSA) is 44.4 Å². The molecule has 2 fully saturated rings. The van der Waals surface area contributed by atoms with Crippen molar-refractivity contribution in [1.29, 1.82) is 0 Å². The lowest BCUT2D eigenvalue weighted by Gasteiger charge is -2.39. The van der Waals surface area contributed by atoms with Gasteiger partial charge in [0.15, 0.2) is 0 Å². The summed E-state index contributed by atoms with van der Waals surface area (Å²) in [6.07, 6.45) is 6.06. The number of piperidine rings is 1. The summed E-state index contributed by atoms with van der Waals surface area (Å²) in [7, 11) is 1.99. The minimum absolute atomic E-state index is 0.0225. The number of amides is 1. The van der Waals surface area contributed by atoms with Gasteiger partial charge in [0, 0.05) is 18.6 Å². The molecule has 1 saturated heterocycles. The zero-order chi connectivity index (χ0) is 12.3. The first kappa shape index (κ1) is 12.8. The van der Waals surface area contributed by atoms with Crippen LogP contribution in [0.1, 0.15) is 39.0 Å². The predicted molar refractivity (Wildman–Crippen MR) is 68.9 cm³/mol. The van der Waals surface area contributed by atoms with Gasteiger partial charge in [0.2, 0.25) is 5.91 Å². The smallest absolute Gasteiger partial charge is 0.237 e. The minimum Gasteiger partial charge on any atom is -0.352 e. The molecule has 2 atom stereocenters. The Morgan fingerprint density at radius 3 is 2.76 bits per heavy atom. The third-order valence-electron chi connectivity index (χ3n) is 3.91. The third kappa shape index (κ3) is 3.42. The normalized spacial score (nSPS) is 27.8. The molecule has 2 rings (SSSR count). The summed E-state index contributed by atoms with van der Waals surface area (Å²) in [5.74, 6) is 0.218. The highest BCUT2D eigenvalue weighted by Crippen LogP contribution is 2.22. The first-order valence-electron chi connectivity index (χ1n) is 6.93. The Labute approximate surface area is 104 Å². The van der Waals surface area contributed by atoms with Crippen molar-refractivity contribution in [1.82, 2.24) is 15.5 Å². The number of hydrogen-bond donors (Lipinski definition) is 2. The second kappa shape index (κ2) is 5.83. The molecular formula is C13H25N3O. The maximum absolute atomic E-state index is 12.1. The van der Waals surface area contributed by atoms with Crippen LogP contribution >= 0.6 is 0 Å². The first-order valence-corrected chi connectivity index (χ1v) is 6.93. The summed E-state index contributed by atoms with van der Waals surface area (Å²) in [5.41, 5.74) is 0. The zero-order valence-electron chi connectivity index (χ0n) is 11.0. The van der Waals surface area contributed by atoms with Crippen molar-refractivity contribution in [3.05, 3.63) is 0 Å². The number of nitrogens with zero attached hydrogens (tertiary/aromatic N) is 1. The molecule has 1 aliphatic carbocycles. The quantitative estimate of drug-likeness (QED) is 0.743. The van der Waals surface area contributed by atoms with E-state index in [9.17, 15) is 4.79 Å². The van der Waals surface area contributed by atoms with Crippen LogP contribution in [0, 0.1) is 0 Å². The molecule has 1 amide bonds. The van der Waals surface area contributed by atoms with E-state index in [1.807, 2.05) is 14.0 Å². The van der Waals surface area contributed by atoms with Crippen LogP contribution < -0.4 is 10.6 Å². The summed E-state index contributed by atoms with van der Waals surface area (Å²) in [6.45, 7) is 4.10. The Morgan fingerprint density at radius 2 is 2.12 bits per heavy atom. The first-order chi connectivity index (χ1) is 8.22. The van der Waals surface area contributed by atoms with Crippen molar-refractivity contribution < 1.29 is 4.79 Å². The fourth-order valence-corrected chi connectivity index (χ4v) is 2.69. The van der Waals surface area contributed by atoms with Gasteiger partial charge >= 0.3 is 0 Å². The lowest BCUT2D eigenvalue weighted by Crippen LogP contribution is -2.54. The number of likely N-dealkylation sites (tertiary alicyclic amines) is 1. The van der Waals surface area contributed by atoms with Crippen molar-refractivity contribution in [2.24, 2.45) is 0 Å². The summed E-state index contributed by atoms with van der Waals surface area (Å²) >= 11 is 0. The largest absolute Gasteiger partial charge is 0.352 e. The summed E-state index contributed by atoms with van der Waals surface area (Å²) in [6, 6.07) is 1.01. The number of nitrogens with one attached hydrogen (secondary N) is 2. The van der Waals surface area contributed by atoms with E-state index in [1.54, 1.807) is 0 Å². The van der Waals surface area contributed by atoms with Crippen LogP contribution in [-0.2, 0) is 4.79 Å². The summed E-state index contributed by atoms with van der Waals surface area (Å²) in [4.78, 5) is 14.4. The molecule has 17 heavy (non-hydrogen) atoms. The van der Waals surface area contributed by atoms with Crippen molar-refractivity contribution in [3.63, 3.8) is 0 Å². The van der Waals surface area contributed by atoms with Gasteiger partial charge in [-0.05, 0) is 46.2 Å². The lowest BCUT2D eigenvalue weighted by molar-refractivity contribution is -0.127. The number of rotatable bonds is 5. The molecule has 4 heteroatoms. The van der Waals surface area contributed by atoms with Crippen LogP contribution in [0.4, 0.5) is 0 Å². The summed E-state index contributed by atoms with van der Waals surface area (Å²) < 4.78 is 0. The molecule has 98 valence electrons. The Kier molecular flexibility index (Phi) is 4.40. The Morgan fingerprint density at radius 1 is 1.35 bits per heavy atom. The summed E-state index contributed by atoms with van der Waals surface area (Å²) in [5, 5.41) is 6.35. The third-order valence-corrected chi connectivity index (χ3v) is 3.91. The molecule has 2 N–H and O–H groups in total. The van der Waals surface area contributed by atoms with E-state index < -0.39 is 0 Å². The van der Waals surface area contributed by atoms with E-state index in [0.29, 0.717) is 12.1 Å². The van der Waals surface area contributed by atoms with Gasteiger partial charge in [0.25, 0.3) is 0 Å². The van der Waals surface area contributed by atoms with Gasteiger partial charge in [-0.25, -0.2) is 0 Å². The highest BCUT2D eigenvalue weighted by Gasteiger charge is 2.32. The molecule has 0 radical (unpaired) electrons. The van der Waals surface area contributed by atoms with Crippen LogP contribution in [0.15, 0.2) is 0 Å². The lowest BCUT2D eigenvalue weighted by atomic mass is 9.99. The minimum atomic E-state index is 0.0225. The fourth-order valence-electron chi connectivity index (χ4n) is 2.69. The van der Waals surface area contributed by atoms with Gasteiger partial charge in [0.05, 0.1) is 6.04 Å².